The minimum Gasteiger partial charge on any atom is -0.481 e. The van der Waals surface area contributed by atoms with Gasteiger partial charge in [-0.2, -0.15) is 0 Å². The molecule has 11 heteroatoms. The molecular weight excluding hydrogens is 441 g/mol. The van der Waals surface area contributed by atoms with E-state index < -0.39 is 51.1 Å². The molecule has 0 aliphatic heterocycles. The molecule has 172 valence electrons. The lowest BCUT2D eigenvalue weighted by Crippen LogP contribution is -2.60. The van der Waals surface area contributed by atoms with Gasteiger partial charge in [-0.15, -0.1) is 0 Å². The van der Waals surface area contributed by atoms with Crippen molar-refractivity contribution in [1.29, 1.82) is 0 Å². The Morgan fingerprint density at radius 3 is 1.48 bits per heavy atom. The van der Waals surface area contributed by atoms with Crippen molar-refractivity contribution in [2.24, 2.45) is 5.41 Å². The summed E-state index contributed by atoms with van der Waals surface area (Å²) >= 11 is 0. The summed E-state index contributed by atoms with van der Waals surface area (Å²) in [6.07, 6.45) is 0.293. The summed E-state index contributed by atoms with van der Waals surface area (Å²) in [5.41, 5.74) is -1.06. The third-order valence-corrected chi connectivity index (χ3v) is 15.4. The van der Waals surface area contributed by atoms with E-state index in [1.165, 1.54) is 0 Å². The molecule has 7 nitrogen and oxygen atoms in total. The molecule has 0 atom stereocenters. The molecule has 0 saturated heterocycles. The van der Waals surface area contributed by atoms with Crippen LogP contribution in [0.5, 0.6) is 0 Å². The molecule has 0 rings (SSSR count). The van der Waals surface area contributed by atoms with Crippen LogP contribution in [-0.4, -0.2) is 57.4 Å². The number of carboxylic acids is 1. The Morgan fingerprint density at radius 1 is 0.793 bits per heavy atom. The molecule has 0 aromatic rings. The van der Waals surface area contributed by atoms with Crippen LogP contribution in [0.2, 0.25) is 65.0 Å². The first kappa shape index (κ1) is 28.7. The van der Waals surface area contributed by atoms with Gasteiger partial charge in [-0.1, -0.05) is 0 Å². The van der Waals surface area contributed by atoms with Crippen LogP contribution in [0, 0.1) is 5.41 Å². The molecule has 29 heavy (non-hydrogen) atoms. The molecular formula is C18H42O7Si4. The fraction of sp³-hybridized carbons (Fsp3) is 0.889. The van der Waals surface area contributed by atoms with Crippen LogP contribution in [0.15, 0.2) is 0 Å². The average molecular weight is 483 g/mol. The van der Waals surface area contributed by atoms with Crippen LogP contribution in [0.4, 0.5) is 0 Å². The molecule has 0 unspecified atom stereocenters. The first-order valence-corrected chi connectivity index (χ1v) is 22.3. The van der Waals surface area contributed by atoms with Crippen molar-refractivity contribution in [1.82, 2.24) is 0 Å². The third kappa shape index (κ3) is 13.6. The first-order chi connectivity index (χ1) is 12.7. The quantitative estimate of drug-likeness (QED) is 0.226. The summed E-state index contributed by atoms with van der Waals surface area (Å²) in [5, 5.41) is 8.96. The van der Waals surface area contributed by atoms with E-state index in [4.69, 9.17) is 22.2 Å². The van der Waals surface area contributed by atoms with Gasteiger partial charge in [-0.3, -0.25) is 9.59 Å². The number of aliphatic carboxylic acids is 1. The van der Waals surface area contributed by atoms with Crippen LogP contribution in [-0.2, 0) is 26.7 Å². The van der Waals surface area contributed by atoms with Gasteiger partial charge in [0.2, 0.25) is 0 Å². The number of carboxylic acid groups (broad SMARTS) is 1. The van der Waals surface area contributed by atoms with Gasteiger partial charge in [0.15, 0.2) is 25.0 Å². The van der Waals surface area contributed by atoms with Gasteiger partial charge in [0.05, 0.1) is 18.4 Å². The minimum absolute atomic E-state index is 0.190. The molecule has 0 fully saturated rings. The highest BCUT2D eigenvalue weighted by molar-refractivity contribution is 6.90. The molecule has 0 spiro atoms. The first-order valence-electron chi connectivity index (χ1n) is 10.2. The van der Waals surface area contributed by atoms with Gasteiger partial charge in [0.25, 0.3) is 0 Å². The number of carbonyl (C=O) groups is 2. The van der Waals surface area contributed by atoms with Crippen molar-refractivity contribution in [3.63, 3.8) is 0 Å². The molecule has 0 radical (unpaired) electrons. The second-order valence-electron chi connectivity index (χ2n) is 11.0. The Kier molecular flexibility index (Phi) is 10.2. The Bertz CT molecular complexity index is 519. The Balaban J connectivity index is 5.30. The fourth-order valence-electron chi connectivity index (χ4n) is 2.71. The zero-order chi connectivity index (χ0) is 23.3. The lowest BCUT2D eigenvalue weighted by molar-refractivity contribution is -0.158. The third-order valence-electron chi connectivity index (χ3n) is 3.39. The number of hydrogen-bond acceptors (Lipinski definition) is 6. The van der Waals surface area contributed by atoms with Crippen molar-refractivity contribution >= 4 is 45.7 Å². The second kappa shape index (κ2) is 10.3. The molecule has 0 aromatic heterocycles. The van der Waals surface area contributed by atoms with E-state index in [1.807, 2.05) is 0 Å². The van der Waals surface area contributed by atoms with Crippen molar-refractivity contribution in [2.75, 3.05) is 6.61 Å². The summed E-state index contributed by atoms with van der Waals surface area (Å²) in [6.45, 7) is 22.5. The Morgan fingerprint density at radius 2 is 1.17 bits per heavy atom. The van der Waals surface area contributed by atoms with Crippen molar-refractivity contribution in [3.8, 4) is 0 Å². The van der Waals surface area contributed by atoms with E-state index in [0.29, 0.717) is 12.5 Å². The highest BCUT2D eigenvalue weighted by atomic mass is 28.5. The van der Waals surface area contributed by atoms with Crippen molar-refractivity contribution in [3.05, 3.63) is 0 Å². The van der Waals surface area contributed by atoms with Crippen LogP contribution >= 0.6 is 0 Å². The standard InChI is InChI=1S/C18H42O7Si4/c1-18(2,15-16(19)20)17(21)22-13-12-14-29(23-26(3,4)5,24-27(6,7)8)25-28(9,10)11/h12-15H2,1-11H3,(H,19,20). The zero-order valence-corrected chi connectivity index (χ0v) is 24.2. The SMILES string of the molecule is CC(C)(CC(=O)O)C(=O)OCCC[Si](O[Si](C)(C)C)(O[Si](C)(C)C)O[Si](C)(C)C. The van der Waals surface area contributed by atoms with Gasteiger partial charge >= 0.3 is 20.7 Å². The normalized spacial score (nSPS) is 14.0. The number of esters is 1. The van der Waals surface area contributed by atoms with E-state index in [2.05, 4.69) is 58.9 Å². The highest BCUT2D eigenvalue weighted by Crippen LogP contribution is 2.30. The van der Waals surface area contributed by atoms with Gasteiger partial charge in [-0.25, -0.2) is 0 Å². The number of carbonyl (C=O) groups excluding carboxylic acids is 1. The van der Waals surface area contributed by atoms with Crippen molar-refractivity contribution < 1.29 is 31.8 Å². The number of rotatable bonds is 13. The van der Waals surface area contributed by atoms with E-state index in [-0.39, 0.29) is 13.0 Å². The Hall–Kier alpha value is -0.312. The molecule has 0 amide bonds. The monoisotopic (exact) mass is 482 g/mol. The summed E-state index contributed by atoms with van der Waals surface area (Å²) in [4.78, 5) is 23.2. The zero-order valence-electron chi connectivity index (χ0n) is 20.2. The van der Waals surface area contributed by atoms with Crippen LogP contribution in [0.25, 0.3) is 0 Å². The predicted molar refractivity (Wildman–Crippen MR) is 125 cm³/mol. The minimum atomic E-state index is -2.95. The summed E-state index contributed by atoms with van der Waals surface area (Å²) < 4.78 is 25.1. The van der Waals surface area contributed by atoms with Gasteiger partial charge in [-0.05, 0) is 79.2 Å². The van der Waals surface area contributed by atoms with Crippen LogP contribution in [0.1, 0.15) is 26.7 Å². The molecule has 1 N–H and O–H groups in total. The lowest BCUT2D eigenvalue weighted by Gasteiger charge is -2.42. The second-order valence-corrected chi connectivity index (χ2v) is 28.0. The van der Waals surface area contributed by atoms with Crippen LogP contribution < -0.4 is 0 Å². The number of hydrogen-bond donors (Lipinski definition) is 1. The molecule has 0 saturated carbocycles. The smallest absolute Gasteiger partial charge is 0.469 e. The average Bonchev–Trinajstić information content (AvgIpc) is 2.35. The fourth-order valence-corrected chi connectivity index (χ4v) is 17.3. The lowest BCUT2D eigenvalue weighted by atomic mass is 9.90. The van der Waals surface area contributed by atoms with E-state index >= 15 is 0 Å². The predicted octanol–water partition coefficient (Wildman–Crippen LogP) is 4.91. The topological polar surface area (TPSA) is 91.3 Å². The molecule has 0 aliphatic rings. The molecule has 0 aromatic carbocycles. The molecule has 0 heterocycles. The molecule has 0 bridgehead atoms. The van der Waals surface area contributed by atoms with Gasteiger partial charge < -0.3 is 22.2 Å². The molecule has 0 aliphatic carbocycles. The van der Waals surface area contributed by atoms with E-state index in [1.54, 1.807) is 13.8 Å². The summed E-state index contributed by atoms with van der Waals surface area (Å²) in [5.74, 6) is -1.52. The number of ether oxygens (including phenoxy) is 1. The van der Waals surface area contributed by atoms with Crippen molar-refractivity contribution in [2.45, 2.75) is 91.7 Å². The maximum Gasteiger partial charge on any atom is 0.469 e. The van der Waals surface area contributed by atoms with E-state index in [0.717, 1.165) is 0 Å². The maximum absolute atomic E-state index is 12.3. The van der Waals surface area contributed by atoms with Gasteiger partial charge in [0, 0.05) is 6.04 Å². The van der Waals surface area contributed by atoms with E-state index in [9.17, 15) is 9.59 Å². The van der Waals surface area contributed by atoms with Crippen LogP contribution in [0.3, 0.4) is 0 Å². The summed E-state index contributed by atoms with van der Waals surface area (Å²) in [6, 6.07) is 0.582. The Labute approximate surface area is 181 Å². The summed E-state index contributed by atoms with van der Waals surface area (Å²) in [7, 11) is -8.76. The van der Waals surface area contributed by atoms with Gasteiger partial charge in [0.1, 0.15) is 0 Å². The maximum atomic E-state index is 12.3. The largest absolute Gasteiger partial charge is 0.481 e. The highest BCUT2D eigenvalue weighted by Gasteiger charge is 2.49.